The molecule has 0 saturated carbocycles. The first-order valence-corrected chi connectivity index (χ1v) is 11.4. The first kappa shape index (κ1) is 27.3. The van der Waals surface area contributed by atoms with Crippen LogP contribution in [0.1, 0.15) is 86.5 Å². The van der Waals surface area contributed by atoms with Crippen LogP contribution in [0.3, 0.4) is 0 Å². The van der Waals surface area contributed by atoms with E-state index < -0.39 is 5.97 Å². The molecule has 0 saturated heterocycles. The molecule has 32 heavy (non-hydrogen) atoms. The summed E-state index contributed by atoms with van der Waals surface area (Å²) in [5.74, 6) is -0.932. The number of carbonyl (C=O) groups excluding carboxylic acids is 2. The third-order valence-electron chi connectivity index (χ3n) is 5.74. The standard InChI is InChI=1S/C28H38O4/c1-19(2)10-7-14-24(28(31)32)15-9-13-20(3)11-8-12-21(4)16-17-25-18-26(29)22(5)23(6)27(25)30/h10-11,15-16,18H,7-9,12-14,17H2,1-6H3,(H,31,32). The van der Waals surface area contributed by atoms with Crippen molar-refractivity contribution in [2.45, 2.75) is 86.5 Å². The molecule has 1 rings (SSSR count). The maximum Gasteiger partial charge on any atom is 0.331 e. The second kappa shape index (κ2) is 13.6. The van der Waals surface area contributed by atoms with E-state index in [0.717, 1.165) is 32.1 Å². The third kappa shape index (κ3) is 9.59. The van der Waals surface area contributed by atoms with Crippen LogP contribution in [0, 0.1) is 0 Å². The van der Waals surface area contributed by atoms with Crippen molar-refractivity contribution in [3.8, 4) is 0 Å². The summed E-state index contributed by atoms with van der Waals surface area (Å²) in [5.41, 5.74) is 5.78. The number of aliphatic carboxylic acids is 1. The maximum absolute atomic E-state index is 12.3. The van der Waals surface area contributed by atoms with Crippen LogP contribution in [0.25, 0.3) is 0 Å². The Balaban J connectivity index is 2.50. The van der Waals surface area contributed by atoms with Gasteiger partial charge in [-0.05, 0) is 92.6 Å². The minimum absolute atomic E-state index is 0.0310. The van der Waals surface area contributed by atoms with E-state index in [9.17, 15) is 19.5 Å². The lowest BCUT2D eigenvalue weighted by atomic mass is 9.89. The Morgan fingerprint density at radius 1 is 0.812 bits per heavy atom. The van der Waals surface area contributed by atoms with Crippen LogP contribution in [0.4, 0.5) is 0 Å². The van der Waals surface area contributed by atoms with Gasteiger partial charge in [0, 0.05) is 22.3 Å². The summed E-state index contributed by atoms with van der Waals surface area (Å²) in [6.07, 6.45) is 14.8. The zero-order chi connectivity index (χ0) is 24.3. The second-order valence-corrected chi connectivity index (χ2v) is 8.85. The average Bonchev–Trinajstić information content (AvgIpc) is 2.72. The summed E-state index contributed by atoms with van der Waals surface area (Å²) in [4.78, 5) is 35.6. The molecule has 0 aromatic rings. The first-order chi connectivity index (χ1) is 15.0. The molecule has 0 spiro atoms. The van der Waals surface area contributed by atoms with E-state index in [2.05, 4.69) is 19.1 Å². The molecule has 1 aliphatic carbocycles. The van der Waals surface area contributed by atoms with Gasteiger partial charge in [0.05, 0.1) is 0 Å². The molecule has 1 aliphatic rings. The van der Waals surface area contributed by atoms with Gasteiger partial charge >= 0.3 is 5.97 Å². The van der Waals surface area contributed by atoms with E-state index in [4.69, 9.17) is 0 Å². The average molecular weight is 439 g/mol. The molecule has 4 heteroatoms. The Morgan fingerprint density at radius 2 is 1.38 bits per heavy atom. The molecule has 0 bridgehead atoms. The van der Waals surface area contributed by atoms with E-state index in [-0.39, 0.29) is 11.6 Å². The molecule has 0 amide bonds. The highest BCUT2D eigenvalue weighted by Crippen LogP contribution is 2.22. The quantitative estimate of drug-likeness (QED) is 0.202. The van der Waals surface area contributed by atoms with Gasteiger partial charge in [-0.1, -0.05) is 41.0 Å². The van der Waals surface area contributed by atoms with E-state index in [0.29, 0.717) is 35.1 Å². The van der Waals surface area contributed by atoms with Gasteiger partial charge in [-0.15, -0.1) is 0 Å². The Hall–Kier alpha value is -2.75. The summed E-state index contributed by atoms with van der Waals surface area (Å²) < 4.78 is 0. The second-order valence-electron chi connectivity index (χ2n) is 8.85. The molecule has 0 atom stereocenters. The molecule has 0 aromatic carbocycles. The Labute approximate surface area is 193 Å². The van der Waals surface area contributed by atoms with Crippen molar-refractivity contribution in [3.05, 3.63) is 69.4 Å². The Morgan fingerprint density at radius 3 is 1.97 bits per heavy atom. The van der Waals surface area contributed by atoms with E-state index in [1.165, 1.54) is 22.8 Å². The number of rotatable bonds is 12. The fourth-order valence-corrected chi connectivity index (χ4v) is 3.40. The highest BCUT2D eigenvalue weighted by molar-refractivity contribution is 6.22. The molecule has 174 valence electrons. The van der Waals surface area contributed by atoms with Crippen LogP contribution in [-0.4, -0.2) is 22.6 Å². The fourth-order valence-electron chi connectivity index (χ4n) is 3.40. The van der Waals surface area contributed by atoms with Gasteiger partial charge in [-0.2, -0.15) is 0 Å². The van der Waals surface area contributed by atoms with Crippen LogP contribution < -0.4 is 0 Å². The van der Waals surface area contributed by atoms with Gasteiger partial charge in [0.25, 0.3) is 0 Å². The van der Waals surface area contributed by atoms with Crippen molar-refractivity contribution in [1.82, 2.24) is 0 Å². The van der Waals surface area contributed by atoms with Crippen molar-refractivity contribution < 1.29 is 19.5 Å². The molecule has 0 heterocycles. The number of carboxylic acids is 1. The summed E-state index contributed by atoms with van der Waals surface area (Å²) in [6, 6.07) is 0. The van der Waals surface area contributed by atoms with Crippen LogP contribution in [0.15, 0.2) is 69.4 Å². The largest absolute Gasteiger partial charge is 0.478 e. The minimum atomic E-state index is -0.830. The smallest absolute Gasteiger partial charge is 0.331 e. The lowest BCUT2D eigenvalue weighted by Crippen LogP contribution is -2.16. The van der Waals surface area contributed by atoms with Crippen LogP contribution >= 0.6 is 0 Å². The van der Waals surface area contributed by atoms with Gasteiger partial charge in [0.1, 0.15) is 0 Å². The zero-order valence-electron chi connectivity index (χ0n) is 20.5. The van der Waals surface area contributed by atoms with E-state index in [1.807, 2.05) is 32.9 Å². The molecular weight excluding hydrogens is 400 g/mol. The topological polar surface area (TPSA) is 71.4 Å². The first-order valence-electron chi connectivity index (χ1n) is 11.4. The number of carboxylic acid groups (broad SMARTS) is 1. The fraction of sp³-hybridized carbons (Fsp3) is 0.464. The monoisotopic (exact) mass is 438 g/mol. The van der Waals surface area contributed by atoms with Gasteiger partial charge in [-0.3, -0.25) is 9.59 Å². The van der Waals surface area contributed by atoms with E-state index >= 15 is 0 Å². The van der Waals surface area contributed by atoms with Gasteiger partial charge in [0.2, 0.25) is 0 Å². The molecular formula is C28H38O4. The lowest BCUT2D eigenvalue weighted by molar-refractivity contribution is -0.132. The van der Waals surface area contributed by atoms with Crippen LogP contribution in [0.5, 0.6) is 0 Å². The Bertz CT molecular complexity index is 913. The zero-order valence-corrected chi connectivity index (χ0v) is 20.5. The highest BCUT2D eigenvalue weighted by Gasteiger charge is 2.21. The van der Waals surface area contributed by atoms with E-state index in [1.54, 1.807) is 13.8 Å². The van der Waals surface area contributed by atoms with Gasteiger partial charge in [0.15, 0.2) is 11.6 Å². The number of Topliss-reactive ketones (excluding diaryl/α,β-unsaturated/α-hetero) is 1. The number of hydrogen-bond donors (Lipinski definition) is 1. The molecule has 0 unspecified atom stereocenters. The summed E-state index contributed by atoms with van der Waals surface area (Å²) in [6.45, 7) is 11.6. The Kier molecular flexibility index (Phi) is 11.6. The van der Waals surface area contributed by atoms with Crippen molar-refractivity contribution in [2.75, 3.05) is 0 Å². The van der Waals surface area contributed by atoms with Gasteiger partial charge < -0.3 is 5.11 Å². The number of hydrogen-bond acceptors (Lipinski definition) is 3. The predicted molar refractivity (Wildman–Crippen MR) is 131 cm³/mol. The maximum atomic E-state index is 12.3. The number of carbonyl (C=O) groups is 3. The molecule has 0 fully saturated rings. The normalized spacial score (nSPS) is 15.8. The summed E-state index contributed by atoms with van der Waals surface area (Å²) >= 11 is 0. The van der Waals surface area contributed by atoms with Gasteiger partial charge in [-0.25, -0.2) is 4.79 Å². The van der Waals surface area contributed by atoms with Crippen molar-refractivity contribution >= 4 is 17.5 Å². The molecule has 0 radical (unpaired) electrons. The number of ketones is 2. The minimum Gasteiger partial charge on any atom is -0.478 e. The van der Waals surface area contributed by atoms with Crippen LogP contribution in [0.2, 0.25) is 0 Å². The van der Waals surface area contributed by atoms with Crippen LogP contribution in [-0.2, 0) is 14.4 Å². The lowest BCUT2D eigenvalue weighted by Gasteiger charge is -2.13. The third-order valence-corrected chi connectivity index (χ3v) is 5.74. The predicted octanol–water partition coefficient (Wildman–Crippen LogP) is 7.00. The SMILES string of the molecule is CC(C)=CCCC(=CCCC(C)=CCCC(C)=CCC1=CC(=O)C(C)=C(C)C1=O)C(=O)O. The highest BCUT2D eigenvalue weighted by atomic mass is 16.4. The van der Waals surface area contributed by atoms with Crippen molar-refractivity contribution in [1.29, 1.82) is 0 Å². The molecule has 0 aliphatic heterocycles. The van der Waals surface area contributed by atoms with Crippen molar-refractivity contribution in [2.24, 2.45) is 0 Å². The summed E-state index contributed by atoms with van der Waals surface area (Å²) in [7, 11) is 0. The molecule has 1 N–H and O–H groups in total. The summed E-state index contributed by atoms with van der Waals surface area (Å²) in [5, 5.41) is 9.35. The number of allylic oxidation sites excluding steroid dienone is 11. The van der Waals surface area contributed by atoms with Crippen molar-refractivity contribution in [3.63, 3.8) is 0 Å². The molecule has 4 nitrogen and oxygen atoms in total. The molecule has 0 aromatic heterocycles.